The van der Waals surface area contributed by atoms with Crippen LogP contribution < -0.4 is 0 Å². The number of ether oxygens (including phenoxy) is 1. The van der Waals surface area contributed by atoms with Gasteiger partial charge < -0.3 is 4.74 Å². The molecule has 0 aromatic rings. The van der Waals surface area contributed by atoms with Gasteiger partial charge in [-0.05, 0) is 31.6 Å². The molecule has 1 atom stereocenters. The Bertz CT molecular complexity index is 107. The molecule has 0 aromatic heterocycles. The summed E-state index contributed by atoms with van der Waals surface area (Å²) in [6.07, 6.45) is 5.61. The Balaban J connectivity index is 2.06. The predicted molar refractivity (Wildman–Crippen MR) is 59.3 cm³/mol. The molecule has 1 aliphatic heterocycles. The summed E-state index contributed by atoms with van der Waals surface area (Å²) in [5.41, 5.74) is 0. The summed E-state index contributed by atoms with van der Waals surface area (Å²) in [5.74, 6) is 0.772. The molecule has 0 bridgehead atoms. The largest absolute Gasteiger partial charge is 0.378 e. The third-order valence-corrected chi connectivity index (χ3v) is 4.19. The van der Waals surface area contributed by atoms with E-state index in [-0.39, 0.29) is 0 Å². The molecule has 0 aromatic carbocycles. The van der Waals surface area contributed by atoms with E-state index in [9.17, 15) is 0 Å². The maximum atomic E-state index is 5.56. The number of hydrogen-bond acceptors (Lipinski definition) is 1. The number of hydrogen-bond donors (Lipinski definition) is 0. The van der Waals surface area contributed by atoms with E-state index in [1.165, 1.54) is 25.7 Å². The van der Waals surface area contributed by atoms with Crippen LogP contribution in [-0.2, 0) is 4.74 Å². The second-order valence-electron chi connectivity index (χ2n) is 3.39. The highest BCUT2D eigenvalue weighted by Gasteiger charge is 2.16. The van der Waals surface area contributed by atoms with Crippen molar-refractivity contribution in [1.82, 2.24) is 0 Å². The molecule has 0 spiro atoms. The Labute approximate surface area is 91.5 Å². The minimum atomic E-state index is 0.561. The summed E-state index contributed by atoms with van der Waals surface area (Å²) in [6, 6.07) is 0. The second kappa shape index (κ2) is 6.39. The van der Waals surface area contributed by atoms with Gasteiger partial charge in [-0.15, -0.1) is 0 Å². The Morgan fingerprint density at radius 3 is 2.58 bits per heavy atom. The van der Waals surface area contributed by atoms with Crippen LogP contribution in [0.4, 0.5) is 0 Å². The average molecular weight is 300 g/mol. The van der Waals surface area contributed by atoms with Crippen molar-refractivity contribution < 1.29 is 4.74 Å². The van der Waals surface area contributed by atoms with Gasteiger partial charge in [0.2, 0.25) is 0 Å². The first-order valence-corrected chi connectivity index (χ1v) is 6.84. The van der Waals surface area contributed by atoms with Crippen molar-refractivity contribution in [3.05, 3.63) is 0 Å². The number of rotatable bonds is 5. The van der Waals surface area contributed by atoms with Crippen molar-refractivity contribution in [2.24, 2.45) is 5.92 Å². The van der Waals surface area contributed by atoms with Crippen LogP contribution in [0.15, 0.2) is 0 Å². The van der Waals surface area contributed by atoms with Gasteiger partial charge in [0.15, 0.2) is 0 Å². The predicted octanol–water partition coefficient (Wildman–Crippen LogP) is 3.35. The third-order valence-electron chi connectivity index (χ3n) is 2.36. The molecule has 1 unspecified atom stereocenters. The zero-order valence-electron chi connectivity index (χ0n) is 7.27. The van der Waals surface area contributed by atoms with Crippen molar-refractivity contribution in [2.75, 3.05) is 17.3 Å². The van der Waals surface area contributed by atoms with Gasteiger partial charge in [0, 0.05) is 17.3 Å². The molecule has 1 aliphatic rings. The van der Waals surface area contributed by atoms with Gasteiger partial charge in [0.1, 0.15) is 0 Å². The van der Waals surface area contributed by atoms with Crippen molar-refractivity contribution in [3.8, 4) is 0 Å². The van der Waals surface area contributed by atoms with Gasteiger partial charge in [0.05, 0.1) is 6.10 Å². The lowest BCUT2D eigenvalue weighted by molar-refractivity contribution is 0.0997. The fourth-order valence-electron chi connectivity index (χ4n) is 1.49. The topological polar surface area (TPSA) is 9.23 Å². The first-order chi connectivity index (χ1) is 5.86. The van der Waals surface area contributed by atoms with Crippen LogP contribution in [0.5, 0.6) is 0 Å². The molecule has 1 rings (SSSR count). The molecule has 0 amide bonds. The van der Waals surface area contributed by atoms with Gasteiger partial charge in [-0.2, -0.15) is 0 Å². The van der Waals surface area contributed by atoms with E-state index >= 15 is 0 Å². The molecule has 1 heterocycles. The maximum absolute atomic E-state index is 5.56. The highest BCUT2D eigenvalue weighted by molar-refractivity contribution is 9.09. The number of halogens is 2. The molecule has 0 saturated carbocycles. The maximum Gasteiger partial charge on any atom is 0.0576 e. The zero-order valence-corrected chi connectivity index (χ0v) is 10.4. The van der Waals surface area contributed by atoms with E-state index in [1.54, 1.807) is 0 Å². The van der Waals surface area contributed by atoms with Crippen LogP contribution in [0, 0.1) is 5.92 Å². The van der Waals surface area contributed by atoms with Crippen molar-refractivity contribution in [3.63, 3.8) is 0 Å². The summed E-state index contributed by atoms with van der Waals surface area (Å²) in [5, 5.41) is 2.20. The monoisotopic (exact) mass is 298 g/mol. The van der Waals surface area contributed by atoms with E-state index in [1.807, 2.05) is 0 Å². The van der Waals surface area contributed by atoms with Crippen LogP contribution in [0.1, 0.15) is 25.7 Å². The van der Waals surface area contributed by atoms with Crippen LogP contribution in [0.3, 0.4) is 0 Å². The van der Waals surface area contributed by atoms with Gasteiger partial charge in [-0.1, -0.05) is 31.9 Å². The molecule has 72 valence electrons. The second-order valence-corrected chi connectivity index (χ2v) is 4.68. The molecule has 0 N–H and O–H groups in total. The highest BCUT2D eigenvalue weighted by atomic mass is 79.9. The van der Waals surface area contributed by atoms with Crippen LogP contribution in [0.2, 0.25) is 0 Å². The Kier molecular flexibility index (Phi) is 5.85. The van der Waals surface area contributed by atoms with Crippen LogP contribution in [0.25, 0.3) is 0 Å². The Morgan fingerprint density at radius 2 is 2.08 bits per heavy atom. The minimum absolute atomic E-state index is 0.561. The summed E-state index contributed by atoms with van der Waals surface area (Å²) >= 11 is 7.03. The smallest absolute Gasteiger partial charge is 0.0576 e. The van der Waals surface area contributed by atoms with E-state index in [4.69, 9.17) is 4.74 Å². The van der Waals surface area contributed by atoms with Crippen LogP contribution >= 0.6 is 31.9 Å². The number of alkyl halides is 2. The molecule has 1 saturated heterocycles. The van der Waals surface area contributed by atoms with E-state index in [0.29, 0.717) is 6.10 Å². The SMILES string of the molecule is BrCC(CBr)CCC1CCCO1. The lowest BCUT2D eigenvalue weighted by Gasteiger charge is -2.13. The van der Waals surface area contributed by atoms with Crippen molar-refractivity contribution in [2.45, 2.75) is 31.8 Å². The van der Waals surface area contributed by atoms with E-state index in [2.05, 4.69) is 31.9 Å². The Hall–Kier alpha value is 0.920. The Morgan fingerprint density at radius 1 is 1.33 bits per heavy atom. The summed E-state index contributed by atoms with van der Waals surface area (Å²) in [4.78, 5) is 0. The molecule has 1 fully saturated rings. The van der Waals surface area contributed by atoms with Gasteiger partial charge in [-0.25, -0.2) is 0 Å². The first kappa shape index (κ1) is 11.0. The van der Waals surface area contributed by atoms with Crippen molar-refractivity contribution >= 4 is 31.9 Å². The first-order valence-electron chi connectivity index (χ1n) is 4.60. The highest BCUT2D eigenvalue weighted by Crippen LogP contribution is 2.21. The molecular formula is C9H16Br2O. The van der Waals surface area contributed by atoms with Gasteiger partial charge in [0.25, 0.3) is 0 Å². The fraction of sp³-hybridized carbons (Fsp3) is 1.00. The normalized spacial score (nSPS) is 23.8. The molecule has 0 radical (unpaired) electrons. The standard InChI is InChI=1S/C9H16Br2O/c10-6-8(7-11)3-4-9-2-1-5-12-9/h8-9H,1-7H2. The minimum Gasteiger partial charge on any atom is -0.378 e. The molecule has 3 heteroatoms. The molecule has 12 heavy (non-hydrogen) atoms. The van der Waals surface area contributed by atoms with E-state index in [0.717, 1.165) is 23.2 Å². The lowest BCUT2D eigenvalue weighted by Crippen LogP contribution is -2.10. The lowest BCUT2D eigenvalue weighted by atomic mass is 10.0. The zero-order chi connectivity index (χ0) is 8.81. The van der Waals surface area contributed by atoms with Crippen molar-refractivity contribution in [1.29, 1.82) is 0 Å². The average Bonchev–Trinajstić information content (AvgIpc) is 2.59. The van der Waals surface area contributed by atoms with E-state index < -0.39 is 0 Å². The third kappa shape index (κ3) is 3.75. The quantitative estimate of drug-likeness (QED) is 0.708. The fourth-order valence-corrected chi connectivity index (χ4v) is 3.21. The van der Waals surface area contributed by atoms with Crippen LogP contribution in [-0.4, -0.2) is 23.4 Å². The molecule has 1 nitrogen and oxygen atoms in total. The van der Waals surface area contributed by atoms with Gasteiger partial charge >= 0.3 is 0 Å². The summed E-state index contributed by atoms with van der Waals surface area (Å²) < 4.78 is 5.56. The summed E-state index contributed by atoms with van der Waals surface area (Å²) in [7, 11) is 0. The van der Waals surface area contributed by atoms with Gasteiger partial charge in [-0.3, -0.25) is 0 Å². The molecule has 0 aliphatic carbocycles. The summed E-state index contributed by atoms with van der Waals surface area (Å²) in [6.45, 7) is 0.984. The molecular weight excluding hydrogens is 284 g/mol.